The van der Waals surface area contributed by atoms with Crippen molar-refractivity contribution in [3.63, 3.8) is 0 Å². The van der Waals surface area contributed by atoms with Crippen LogP contribution in [-0.4, -0.2) is 0 Å². The van der Waals surface area contributed by atoms with Crippen LogP contribution in [0.2, 0.25) is 0 Å². The molecule has 0 rings (SSSR count). The van der Waals surface area contributed by atoms with Crippen molar-refractivity contribution in [2.75, 3.05) is 0 Å². The molecule has 0 heterocycles. The van der Waals surface area contributed by atoms with Gasteiger partial charge in [-0.3, -0.25) is 0 Å². The Bertz CT molecular complexity index is 182. The average Bonchev–Trinajstić information content (AvgIpc) is 2.11. The molecule has 0 aromatic rings. The molecule has 0 amide bonds. The van der Waals surface area contributed by atoms with Gasteiger partial charge in [-0.15, -0.1) is 6.58 Å². The Morgan fingerprint density at radius 3 is 2.50 bits per heavy atom. The molecular weight excluding hydrogens is 144 g/mol. The van der Waals surface area contributed by atoms with Crippen molar-refractivity contribution in [2.24, 2.45) is 0 Å². The Morgan fingerprint density at radius 2 is 2.00 bits per heavy atom. The molecule has 0 nitrogen and oxygen atoms in total. The minimum absolute atomic E-state index is 1.06. The monoisotopic (exact) mass is 162 g/mol. The second-order valence-electron chi connectivity index (χ2n) is 2.59. The Balaban J connectivity index is 3.93. The SMILES string of the molecule is C=CC=CC(=CCCC=C)CC. The summed E-state index contributed by atoms with van der Waals surface area (Å²) in [5.74, 6) is 0. The molecule has 0 aliphatic heterocycles. The van der Waals surface area contributed by atoms with Crippen molar-refractivity contribution < 1.29 is 0 Å². The molecule has 0 fully saturated rings. The van der Waals surface area contributed by atoms with E-state index in [1.807, 2.05) is 12.2 Å². The van der Waals surface area contributed by atoms with Crippen LogP contribution in [-0.2, 0) is 0 Å². The molecule has 0 aromatic carbocycles. The molecule has 0 saturated heterocycles. The van der Waals surface area contributed by atoms with Gasteiger partial charge in [0.05, 0.1) is 0 Å². The molecule has 0 spiro atoms. The quantitative estimate of drug-likeness (QED) is 0.314. The summed E-state index contributed by atoms with van der Waals surface area (Å²) in [6.07, 6.45) is 13.3. The number of rotatable bonds is 6. The Kier molecular flexibility index (Phi) is 7.36. The summed E-state index contributed by atoms with van der Waals surface area (Å²) >= 11 is 0. The molecule has 0 atom stereocenters. The molecule has 0 saturated carbocycles. The third kappa shape index (κ3) is 5.72. The van der Waals surface area contributed by atoms with Crippen molar-refractivity contribution in [1.82, 2.24) is 0 Å². The maximum atomic E-state index is 3.68. The second kappa shape index (κ2) is 8.06. The van der Waals surface area contributed by atoms with Crippen LogP contribution >= 0.6 is 0 Å². The van der Waals surface area contributed by atoms with Crippen LogP contribution in [0.25, 0.3) is 0 Å². The van der Waals surface area contributed by atoms with Crippen LogP contribution in [0.15, 0.2) is 49.1 Å². The highest BCUT2D eigenvalue weighted by molar-refractivity contribution is 5.21. The molecule has 0 aliphatic rings. The number of hydrogen-bond acceptors (Lipinski definition) is 0. The van der Waals surface area contributed by atoms with E-state index < -0.39 is 0 Å². The lowest BCUT2D eigenvalue weighted by atomic mass is 10.1. The van der Waals surface area contributed by atoms with E-state index >= 15 is 0 Å². The van der Waals surface area contributed by atoms with Crippen molar-refractivity contribution in [3.05, 3.63) is 49.1 Å². The summed E-state index contributed by atoms with van der Waals surface area (Å²) in [5, 5.41) is 0. The highest BCUT2D eigenvalue weighted by atomic mass is 13.9. The van der Waals surface area contributed by atoms with Gasteiger partial charge in [0.25, 0.3) is 0 Å². The minimum atomic E-state index is 1.06. The van der Waals surface area contributed by atoms with Crippen LogP contribution < -0.4 is 0 Å². The number of allylic oxidation sites excluding steroid dienone is 6. The molecule has 0 radical (unpaired) electrons. The lowest BCUT2D eigenvalue weighted by Crippen LogP contribution is -1.74. The van der Waals surface area contributed by atoms with Crippen LogP contribution in [0.3, 0.4) is 0 Å². The van der Waals surface area contributed by atoms with Crippen LogP contribution in [0.5, 0.6) is 0 Å². The normalized spacial score (nSPS) is 11.9. The predicted octanol–water partition coefficient (Wildman–Crippen LogP) is 4.03. The molecule has 0 aromatic heterocycles. The maximum Gasteiger partial charge on any atom is -0.0310 e. The van der Waals surface area contributed by atoms with Gasteiger partial charge in [-0.25, -0.2) is 0 Å². The van der Waals surface area contributed by atoms with Crippen LogP contribution in [0, 0.1) is 0 Å². The van der Waals surface area contributed by atoms with E-state index in [1.54, 1.807) is 6.08 Å². The zero-order valence-corrected chi connectivity index (χ0v) is 7.92. The van der Waals surface area contributed by atoms with Gasteiger partial charge >= 0.3 is 0 Å². The van der Waals surface area contributed by atoms with E-state index in [-0.39, 0.29) is 0 Å². The van der Waals surface area contributed by atoms with Crippen molar-refractivity contribution in [3.8, 4) is 0 Å². The van der Waals surface area contributed by atoms with E-state index in [0.29, 0.717) is 0 Å². The van der Waals surface area contributed by atoms with E-state index in [0.717, 1.165) is 19.3 Å². The summed E-state index contributed by atoms with van der Waals surface area (Å²) in [6, 6.07) is 0. The summed E-state index contributed by atoms with van der Waals surface area (Å²) in [7, 11) is 0. The Morgan fingerprint density at radius 1 is 1.25 bits per heavy atom. The first-order chi connectivity index (χ1) is 5.85. The van der Waals surface area contributed by atoms with Crippen LogP contribution in [0.1, 0.15) is 26.2 Å². The highest BCUT2D eigenvalue weighted by Crippen LogP contribution is 2.05. The van der Waals surface area contributed by atoms with Gasteiger partial charge in [-0.1, -0.05) is 49.5 Å². The lowest BCUT2D eigenvalue weighted by Gasteiger charge is -1.95. The van der Waals surface area contributed by atoms with Crippen molar-refractivity contribution in [1.29, 1.82) is 0 Å². The van der Waals surface area contributed by atoms with Crippen molar-refractivity contribution >= 4 is 0 Å². The molecule has 66 valence electrons. The zero-order valence-electron chi connectivity index (χ0n) is 7.92. The molecule has 0 unspecified atom stereocenters. The van der Waals surface area contributed by atoms with Gasteiger partial charge < -0.3 is 0 Å². The summed E-state index contributed by atoms with van der Waals surface area (Å²) in [4.78, 5) is 0. The molecule has 12 heavy (non-hydrogen) atoms. The van der Waals surface area contributed by atoms with Gasteiger partial charge in [0.2, 0.25) is 0 Å². The van der Waals surface area contributed by atoms with Gasteiger partial charge in [-0.2, -0.15) is 0 Å². The first-order valence-corrected chi connectivity index (χ1v) is 4.44. The summed E-state index contributed by atoms with van der Waals surface area (Å²) < 4.78 is 0. The number of unbranched alkanes of at least 4 members (excludes halogenated alkanes) is 1. The minimum Gasteiger partial charge on any atom is -0.103 e. The predicted molar refractivity (Wildman–Crippen MR) is 57.1 cm³/mol. The van der Waals surface area contributed by atoms with Gasteiger partial charge in [0.1, 0.15) is 0 Å². The third-order valence-corrected chi connectivity index (χ3v) is 1.63. The largest absolute Gasteiger partial charge is 0.103 e. The van der Waals surface area contributed by atoms with Gasteiger partial charge in [0, 0.05) is 0 Å². The first-order valence-electron chi connectivity index (χ1n) is 4.44. The Labute approximate surface area is 76.0 Å². The fourth-order valence-electron chi connectivity index (χ4n) is 0.908. The van der Waals surface area contributed by atoms with E-state index in [1.165, 1.54) is 5.57 Å². The van der Waals surface area contributed by atoms with Gasteiger partial charge in [0.15, 0.2) is 0 Å². The smallest absolute Gasteiger partial charge is 0.0310 e. The molecule has 0 N–H and O–H groups in total. The molecule has 0 heteroatoms. The van der Waals surface area contributed by atoms with Crippen LogP contribution in [0.4, 0.5) is 0 Å². The van der Waals surface area contributed by atoms with E-state index in [2.05, 4.69) is 32.2 Å². The standard InChI is InChI=1S/C12H18/c1-4-7-9-11-12(6-3)10-8-5-2/h4-5,8,10-11H,1-2,6-7,9H2,3H3. The fourth-order valence-corrected chi connectivity index (χ4v) is 0.908. The second-order valence-corrected chi connectivity index (χ2v) is 2.59. The molecular formula is C12H18. The molecule has 0 aliphatic carbocycles. The van der Waals surface area contributed by atoms with Gasteiger partial charge in [-0.05, 0) is 19.3 Å². The zero-order chi connectivity index (χ0) is 9.23. The Hall–Kier alpha value is -1.04. The van der Waals surface area contributed by atoms with E-state index in [9.17, 15) is 0 Å². The summed E-state index contributed by atoms with van der Waals surface area (Å²) in [5.41, 5.74) is 1.37. The average molecular weight is 162 g/mol. The molecule has 0 bridgehead atoms. The lowest BCUT2D eigenvalue weighted by molar-refractivity contribution is 1.02. The number of hydrogen-bond donors (Lipinski definition) is 0. The highest BCUT2D eigenvalue weighted by Gasteiger charge is 1.85. The summed E-state index contributed by atoms with van der Waals surface area (Å²) in [6.45, 7) is 9.48. The van der Waals surface area contributed by atoms with E-state index in [4.69, 9.17) is 0 Å². The third-order valence-electron chi connectivity index (χ3n) is 1.63. The fraction of sp³-hybridized carbons (Fsp3) is 0.333. The maximum absolute atomic E-state index is 3.68. The van der Waals surface area contributed by atoms with Crippen molar-refractivity contribution in [2.45, 2.75) is 26.2 Å². The topological polar surface area (TPSA) is 0 Å². The first kappa shape index (κ1) is 11.0.